The zero-order valence-electron chi connectivity index (χ0n) is 24.2. The van der Waals surface area contributed by atoms with E-state index in [1.54, 1.807) is 26.5 Å². The summed E-state index contributed by atoms with van der Waals surface area (Å²) in [4.78, 5) is 24.2. The highest BCUT2D eigenvalue weighted by molar-refractivity contribution is 6.33. The van der Waals surface area contributed by atoms with E-state index in [1.807, 2.05) is 19.1 Å². The maximum Gasteiger partial charge on any atom is 0.305 e. The number of halogens is 1. The van der Waals surface area contributed by atoms with Crippen LogP contribution in [0.1, 0.15) is 40.0 Å². The molecule has 3 rings (SSSR count). The summed E-state index contributed by atoms with van der Waals surface area (Å²) in [6.07, 6.45) is 6.86. The largest absolute Gasteiger partial charge is 0.481 e. The Labute approximate surface area is 242 Å². The number of aliphatic imine (C=N–C) groups is 1. The number of carboxylic acid groups (broad SMARTS) is 1. The van der Waals surface area contributed by atoms with Crippen LogP contribution in [-0.2, 0) is 19.0 Å². The second-order valence-electron chi connectivity index (χ2n) is 10.4. The molecule has 40 heavy (non-hydrogen) atoms. The average molecular weight is 579 g/mol. The third-order valence-electron chi connectivity index (χ3n) is 7.71. The Morgan fingerprint density at radius 1 is 1.25 bits per heavy atom. The molecule has 0 bridgehead atoms. The van der Waals surface area contributed by atoms with E-state index in [0.717, 1.165) is 37.3 Å². The minimum Gasteiger partial charge on any atom is -0.481 e. The summed E-state index contributed by atoms with van der Waals surface area (Å²) in [5, 5.41) is 10.1. The zero-order chi connectivity index (χ0) is 29.2. The lowest BCUT2D eigenvalue weighted by Gasteiger charge is -2.38. The Bertz CT molecular complexity index is 1070. The fourth-order valence-electron chi connectivity index (χ4n) is 5.40. The second-order valence-corrected chi connectivity index (χ2v) is 10.9. The van der Waals surface area contributed by atoms with Gasteiger partial charge >= 0.3 is 5.97 Å². The van der Waals surface area contributed by atoms with Crippen LogP contribution in [0, 0.1) is 11.8 Å². The first-order chi connectivity index (χ1) is 19.2. The molecule has 1 N–H and O–H groups in total. The van der Waals surface area contributed by atoms with E-state index in [0.29, 0.717) is 36.5 Å². The average Bonchev–Trinajstić information content (AvgIpc) is 3.24. The predicted molar refractivity (Wildman–Crippen MR) is 156 cm³/mol. The minimum atomic E-state index is -0.825. The molecule has 0 amide bonds. The van der Waals surface area contributed by atoms with Crippen molar-refractivity contribution in [2.75, 3.05) is 52.0 Å². The molecule has 2 aliphatic heterocycles. The van der Waals surface area contributed by atoms with Gasteiger partial charge in [0.2, 0.25) is 11.8 Å². The Morgan fingerprint density at radius 2 is 2.02 bits per heavy atom. The van der Waals surface area contributed by atoms with E-state index in [1.165, 1.54) is 0 Å². The monoisotopic (exact) mass is 578 g/mol. The molecule has 2 unspecified atom stereocenters. The molecule has 0 radical (unpaired) electrons. The number of carbonyl (C=O) groups is 1. The summed E-state index contributed by atoms with van der Waals surface area (Å²) in [5.41, 5.74) is 1.82. The van der Waals surface area contributed by atoms with Crippen molar-refractivity contribution in [1.29, 1.82) is 0 Å². The van der Waals surface area contributed by atoms with E-state index in [-0.39, 0.29) is 36.5 Å². The normalized spacial score (nSPS) is 25.7. The lowest BCUT2D eigenvalue weighted by molar-refractivity contribution is -0.138. The van der Waals surface area contributed by atoms with Crippen molar-refractivity contribution in [3.63, 3.8) is 0 Å². The molecule has 5 atom stereocenters. The van der Waals surface area contributed by atoms with Crippen LogP contribution in [0.25, 0.3) is 0 Å². The number of hydrogen-bond acceptors (Lipinski definition) is 9. The summed E-state index contributed by atoms with van der Waals surface area (Å²) < 4.78 is 22.7. The number of piperidine rings is 1. The molecular formula is C29H43ClN4O6. The molecule has 3 heterocycles. The number of hydrogen-bond donors (Lipinski definition) is 1. The Balaban J connectivity index is 1.65. The zero-order valence-corrected chi connectivity index (χ0v) is 25.0. The van der Waals surface area contributed by atoms with E-state index in [2.05, 4.69) is 40.3 Å². The van der Waals surface area contributed by atoms with Crippen LogP contribution in [0.4, 0.5) is 5.69 Å². The minimum absolute atomic E-state index is 0.0411. The number of allylic oxidation sites excluding steroid dienone is 3. The predicted octanol–water partition coefficient (Wildman–Crippen LogP) is 4.64. The van der Waals surface area contributed by atoms with Crippen LogP contribution < -0.4 is 9.64 Å². The quantitative estimate of drug-likeness (QED) is 0.146. The van der Waals surface area contributed by atoms with Crippen LogP contribution in [0.5, 0.6) is 5.88 Å². The fourth-order valence-corrected chi connectivity index (χ4v) is 5.63. The lowest BCUT2D eigenvalue weighted by atomic mass is 9.96. The van der Waals surface area contributed by atoms with Gasteiger partial charge in [-0.25, -0.2) is 9.98 Å². The maximum atomic E-state index is 11.6. The van der Waals surface area contributed by atoms with Gasteiger partial charge in [-0.3, -0.25) is 4.79 Å². The smallest absolute Gasteiger partial charge is 0.305 e. The van der Waals surface area contributed by atoms with Crippen molar-refractivity contribution >= 4 is 30.0 Å². The Morgan fingerprint density at radius 3 is 2.67 bits per heavy atom. The molecule has 10 nitrogen and oxygen atoms in total. The van der Waals surface area contributed by atoms with E-state index < -0.39 is 5.97 Å². The molecule has 1 aromatic heterocycles. The molecule has 0 aromatic carbocycles. The number of pyridine rings is 1. The number of nitrogens with zero attached hydrogens (tertiary/aromatic N) is 4. The molecule has 0 aliphatic carbocycles. The van der Waals surface area contributed by atoms with Crippen molar-refractivity contribution in [2.45, 2.75) is 58.3 Å². The molecular weight excluding hydrogens is 536 g/mol. The van der Waals surface area contributed by atoms with Gasteiger partial charge in [0.05, 0.1) is 36.5 Å². The van der Waals surface area contributed by atoms with Crippen LogP contribution in [0.15, 0.2) is 41.0 Å². The fraction of sp³-hybridized carbons (Fsp3) is 0.621. The van der Waals surface area contributed by atoms with Gasteiger partial charge < -0.3 is 33.9 Å². The van der Waals surface area contributed by atoms with E-state index in [4.69, 9.17) is 30.5 Å². The summed E-state index contributed by atoms with van der Waals surface area (Å²) in [6.45, 7) is 13.2. The molecule has 0 spiro atoms. The number of rotatable bonds is 14. The third-order valence-corrected chi connectivity index (χ3v) is 8.00. The lowest BCUT2D eigenvalue weighted by Crippen LogP contribution is -2.43. The summed E-state index contributed by atoms with van der Waals surface area (Å²) in [5.74, 6) is 0.404. The van der Waals surface area contributed by atoms with Gasteiger partial charge in [0, 0.05) is 82.1 Å². The summed E-state index contributed by atoms with van der Waals surface area (Å²) in [6, 6.07) is 1.69. The standard InChI is InChI=1S/C29H43ClN4O6/c1-19-17-33(24-14-28(38-6)32-16-22(24)30)11-10-25(19)40-27(31-4)9-8-20(2)34-18-26(39-13-7-12-37-5)21(3)23(34)15-29(35)36/h8-9,14,16,19,21,23,25-26H,4,7,10-13,15,17-18H2,1-3,5-6H3,(H,35,36)/b20-8+,27-9+/t19?,21-,23-,25?,26-/m0/s1. The number of methoxy groups -OCH3 is 2. The van der Waals surface area contributed by atoms with Crippen LogP contribution in [0.2, 0.25) is 5.02 Å². The van der Waals surface area contributed by atoms with Gasteiger partial charge in [-0.1, -0.05) is 25.4 Å². The first kappa shape index (κ1) is 31.7. The van der Waals surface area contributed by atoms with Gasteiger partial charge in [-0.2, -0.15) is 0 Å². The Kier molecular flexibility index (Phi) is 12.1. The summed E-state index contributed by atoms with van der Waals surface area (Å²) >= 11 is 6.42. The maximum absolute atomic E-state index is 11.6. The number of carboxylic acids is 1. The summed E-state index contributed by atoms with van der Waals surface area (Å²) in [7, 11) is 3.25. The highest BCUT2D eigenvalue weighted by Gasteiger charge is 2.40. The SMILES string of the molecule is C=N/C(=C\C=C(/C)N1C[C@H](OCCCOC)[C@@H](C)[C@@H]1CC(=O)O)OC1CCN(c2cc(OC)ncc2Cl)CC1C. The number of aliphatic carboxylic acids is 1. The first-order valence-electron chi connectivity index (χ1n) is 13.7. The third kappa shape index (κ3) is 8.34. The molecule has 2 saturated heterocycles. The first-order valence-corrected chi connectivity index (χ1v) is 14.1. The number of ether oxygens (including phenoxy) is 4. The molecule has 2 fully saturated rings. The van der Waals surface area contributed by atoms with Gasteiger partial charge in [-0.05, 0) is 26.1 Å². The van der Waals surface area contributed by atoms with Crippen molar-refractivity contribution in [3.8, 4) is 5.88 Å². The van der Waals surface area contributed by atoms with Gasteiger partial charge in [0.15, 0.2) is 0 Å². The van der Waals surface area contributed by atoms with Crippen LogP contribution in [0.3, 0.4) is 0 Å². The van der Waals surface area contributed by atoms with Gasteiger partial charge in [0.25, 0.3) is 0 Å². The van der Waals surface area contributed by atoms with E-state index >= 15 is 0 Å². The highest BCUT2D eigenvalue weighted by atomic mass is 35.5. The highest BCUT2D eigenvalue weighted by Crippen LogP contribution is 2.34. The molecule has 2 aliphatic rings. The molecule has 1 aromatic rings. The van der Waals surface area contributed by atoms with Crippen molar-refractivity contribution in [3.05, 3.63) is 41.0 Å². The molecule has 11 heteroatoms. The number of aromatic nitrogens is 1. The Hall–Kier alpha value is -2.82. The van der Waals surface area contributed by atoms with Gasteiger partial charge in [-0.15, -0.1) is 0 Å². The van der Waals surface area contributed by atoms with Crippen molar-refractivity contribution in [1.82, 2.24) is 9.88 Å². The topological polar surface area (TPSA) is 106 Å². The van der Waals surface area contributed by atoms with Gasteiger partial charge in [0.1, 0.15) is 6.10 Å². The van der Waals surface area contributed by atoms with Crippen LogP contribution in [-0.4, -0.2) is 93.0 Å². The molecule has 0 saturated carbocycles. The number of anilines is 1. The second kappa shape index (κ2) is 15.3. The van der Waals surface area contributed by atoms with Crippen molar-refractivity contribution < 1.29 is 28.8 Å². The molecule has 222 valence electrons. The van der Waals surface area contributed by atoms with E-state index in [9.17, 15) is 9.90 Å². The number of likely N-dealkylation sites (tertiary alicyclic amines) is 1. The van der Waals surface area contributed by atoms with Crippen LogP contribution >= 0.6 is 11.6 Å². The van der Waals surface area contributed by atoms with Crippen molar-refractivity contribution in [2.24, 2.45) is 16.8 Å².